The Bertz CT molecular complexity index is 333. The van der Waals surface area contributed by atoms with Crippen molar-refractivity contribution in [3.05, 3.63) is 17.7 Å². The van der Waals surface area contributed by atoms with Crippen molar-refractivity contribution in [1.29, 1.82) is 0 Å². The second kappa shape index (κ2) is 4.93. The monoisotopic (exact) mass is 211 g/mol. The lowest BCUT2D eigenvalue weighted by Gasteiger charge is -2.17. The van der Waals surface area contributed by atoms with E-state index in [0.717, 1.165) is 11.4 Å². The predicted molar refractivity (Wildman–Crippen MR) is 56.4 cm³/mol. The molecule has 0 aliphatic rings. The van der Waals surface area contributed by atoms with Crippen molar-refractivity contribution in [1.82, 2.24) is 15.3 Å². The van der Waals surface area contributed by atoms with Crippen molar-refractivity contribution < 1.29 is 9.90 Å². The molecule has 3 N–H and O–H groups in total. The van der Waals surface area contributed by atoms with Crippen LogP contribution < -0.4 is 5.32 Å². The number of nitrogens with one attached hydrogen (secondary N) is 2. The normalized spacial score (nSPS) is 13.1. The fourth-order valence-corrected chi connectivity index (χ4v) is 1.38. The SMILES string of the molecule is Cc1[nH]cnc1CNC(C(=O)O)C(C)C. The van der Waals surface area contributed by atoms with Gasteiger partial charge in [0.25, 0.3) is 0 Å². The van der Waals surface area contributed by atoms with Gasteiger partial charge in [-0.2, -0.15) is 0 Å². The van der Waals surface area contributed by atoms with Crippen LogP contribution in [0.25, 0.3) is 0 Å². The van der Waals surface area contributed by atoms with E-state index in [1.807, 2.05) is 20.8 Å². The van der Waals surface area contributed by atoms with E-state index in [0.29, 0.717) is 6.54 Å². The zero-order chi connectivity index (χ0) is 11.4. The molecule has 5 heteroatoms. The highest BCUT2D eigenvalue weighted by atomic mass is 16.4. The average Bonchev–Trinajstić information content (AvgIpc) is 2.51. The molecule has 1 atom stereocenters. The maximum atomic E-state index is 10.9. The van der Waals surface area contributed by atoms with Gasteiger partial charge in [0.15, 0.2) is 0 Å². The van der Waals surface area contributed by atoms with Crippen LogP contribution in [0.1, 0.15) is 25.2 Å². The third-order valence-electron chi connectivity index (χ3n) is 2.36. The lowest BCUT2D eigenvalue weighted by atomic mass is 10.0. The van der Waals surface area contributed by atoms with Crippen LogP contribution in [0.3, 0.4) is 0 Å². The fourth-order valence-electron chi connectivity index (χ4n) is 1.38. The summed E-state index contributed by atoms with van der Waals surface area (Å²) in [4.78, 5) is 17.9. The van der Waals surface area contributed by atoms with Gasteiger partial charge in [-0.3, -0.25) is 10.1 Å². The molecule has 0 saturated heterocycles. The quantitative estimate of drug-likeness (QED) is 0.676. The second-order valence-electron chi connectivity index (χ2n) is 3.92. The lowest BCUT2D eigenvalue weighted by molar-refractivity contribution is -0.140. The molecular weight excluding hydrogens is 194 g/mol. The number of rotatable bonds is 5. The largest absolute Gasteiger partial charge is 0.480 e. The van der Waals surface area contributed by atoms with Crippen LogP contribution >= 0.6 is 0 Å². The van der Waals surface area contributed by atoms with Gasteiger partial charge in [-0.05, 0) is 12.8 Å². The van der Waals surface area contributed by atoms with E-state index >= 15 is 0 Å². The minimum Gasteiger partial charge on any atom is -0.480 e. The number of carboxylic acids is 1. The van der Waals surface area contributed by atoms with Crippen LogP contribution in [0.15, 0.2) is 6.33 Å². The van der Waals surface area contributed by atoms with Crippen molar-refractivity contribution in [2.45, 2.75) is 33.4 Å². The first-order valence-electron chi connectivity index (χ1n) is 4.97. The summed E-state index contributed by atoms with van der Waals surface area (Å²) in [6.45, 7) is 6.14. The maximum absolute atomic E-state index is 10.9. The molecule has 0 saturated carbocycles. The number of carboxylic acid groups (broad SMARTS) is 1. The molecule has 0 amide bonds. The minimum absolute atomic E-state index is 0.0572. The molecule has 1 rings (SSSR count). The number of carbonyl (C=O) groups is 1. The number of aryl methyl sites for hydroxylation is 1. The summed E-state index contributed by atoms with van der Waals surface area (Å²) in [6, 6.07) is -0.527. The number of aromatic amines is 1. The lowest BCUT2D eigenvalue weighted by Crippen LogP contribution is -2.40. The summed E-state index contributed by atoms with van der Waals surface area (Å²) in [5.74, 6) is -0.764. The van der Waals surface area contributed by atoms with E-state index in [9.17, 15) is 4.79 Å². The van der Waals surface area contributed by atoms with Crippen LogP contribution in [0.2, 0.25) is 0 Å². The Labute approximate surface area is 88.9 Å². The van der Waals surface area contributed by atoms with E-state index in [4.69, 9.17) is 5.11 Å². The second-order valence-corrected chi connectivity index (χ2v) is 3.92. The molecule has 84 valence electrons. The van der Waals surface area contributed by atoms with Crippen LogP contribution in [0.5, 0.6) is 0 Å². The minimum atomic E-state index is -0.821. The maximum Gasteiger partial charge on any atom is 0.320 e. The Hall–Kier alpha value is -1.36. The third kappa shape index (κ3) is 3.06. The standard InChI is InChI=1S/C10H17N3O2/c1-6(2)9(10(14)15)11-4-8-7(3)12-5-13-8/h5-6,9,11H,4H2,1-3H3,(H,12,13)(H,14,15). The number of aliphatic carboxylic acids is 1. The molecule has 15 heavy (non-hydrogen) atoms. The van der Waals surface area contributed by atoms with Crippen molar-refractivity contribution in [3.63, 3.8) is 0 Å². The molecule has 5 nitrogen and oxygen atoms in total. The zero-order valence-corrected chi connectivity index (χ0v) is 9.24. The first kappa shape index (κ1) is 11.7. The Morgan fingerprint density at radius 1 is 1.67 bits per heavy atom. The molecule has 0 radical (unpaired) electrons. The predicted octanol–water partition coefficient (Wildman–Crippen LogP) is 0.917. The van der Waals surface area contributed by atoms with E-state index in [1.54, 1.807) is 6.33 Å². The first-order chi connectivity index (χ1) is 7.02. The highest BCUT2D eigenvalue weighted by Crippen LogP contribution is 2.05. The number of hydrogen-bond acceptors (Lipinski definition) is 3. The van der Waals surface area contributed by atoms with Gasteiger partial charge < -0.3 is 10.1 Å². The van der Waals surface area contributed by atoms with Crippen molar-refractivity contribution in [3.8, 4) is 0 Å². The van der Waals surface area contributed by atoms with Crippen molar-refractivity contribution in [2.24, 2.45) is 5.92 Å². The zero-order valence-electron chi connectivity index (χ0n) is 9.24. The van der Waals surface area contributed by atoms with Crippen LogP contribution in [0.4, 0.5) is 0 Å². The van der Waals surface area contributed by atoms with Crippen LogP contribution in [-0.2, 0) is 11.3 Å². The highest BCUT2D eigenvalue weighted by Gasteiger charge is 2.20. The van der Waals surface area contributed by atoms with Gasteiger partial charge in [0.05, 0.1) is 12.0 Å². The Kier molecular flexibility index (Phi) is 3.85. The summed E-state index contributed by atoms with van der Waals surface area (Å²) in [5.41, 5.74) is 1.83. The molecule has 0 aliphatic heterocycles. The van der Waals surface area contributed by atoms with Gasteiger partial charge in [-0.25, -0.2) is 4.98 Å². The number of H-pyrrole nitrogens is 1. The molecular formula is C10H17N3O2. The van der Waals surface area contributed by atoms with Crippen LogP contribution in [-0.4, -0.2) is 27.1 Å². The number of hydrogen-bond donors (Lipinski definition) is 3. The van der Waals surface area contributed by atoms with Crippen molar-refractivity contribution >= 4 is 5.97 Å². The Morgan fingerprint density at radius 2 is 2.33 bits per heavy atom. The van der Waals surface area contributed by atoms with Gasteiger partial charge >= 0.3 is 5.97 Å². The number of imidazole rings is 1. The van der Waals surface area contributed by atoms with E-state index in [2.05, 4.69) is 15.3 Å². The van der Waals surface area contributed by atoms with Gasteiger partial charge in [-0.1, -0.05) is 13.8 Å². The topological polar surface area (TPSA) is 78.0 Å². The average molecular weight is 211 g/mol. The van der Waals surface area contributed by atoms with E-state index < -0.39 is 12.0 Å². The molecule has 1 unspecified atom stereocenters. The summed E-state index contributed by atoms with van der Waals surface area (Å²) >= 11 is 0. The van der Waals surface area contributed by atoms with Gasteiger partial charge in [0.1, 0.15) is 6.04 Å². The summed E-state index contributed by atoms with van der Waals surface area (Å²) < 4.78 is 0. The third-order valence-corrected chi connectivity index (χ3v) is 2.36. The molecule has 1 aromatic rings. The first-order valence-corrected chi connectivity index (χ1v) is 4.97. The Morgan fingerprint density at radius 3 is 2.73 bits per heavy atom. The van der Waals surface area contributed by atoms with Gasteiger partial charge in [0, 0.05) is 12.2 Å². The highest BCUT2D eigenvalue weighted by molar-refractivity contribution is 5.73. The van der Waals surface area contributed by atoms with Gasteiger partial charge in [0.2, 0.25) is 0 Å². The smallest absolute Gasteiger partial charge is 0.320 e. The molecule has 0 aromatic carbocycles. The van der Waals surface area contributed by atoms with Crippen LogP contribution in [0, 0.1) is 12.8 Å². The number of nitrogens with zero attached hydrogens (tertiary/aromatic N) is 1. The van der Waals surface area contributed by atoms with E-state index in [-0.39, 0.29) is 5.92 Å². The summed E-state index contributed by atoms with van der Waals surface area (Å²) in [7, 11) is 0. The Balaban J connectivity index is 2.55. The van der Waals surface area contributed by atoms with Gasteiger partial charge in [-0.15, -0.1) is 0 Å². The molecule has 1 aromatic heterocycles. The number of aromatic nitrogens is 2. The molecule has 1 heterocycles. The molecule has 0 bridgehead atoms. The molecule has 0 spiro atoms. The van der Waals surface area contributed by atoms with Crippen molar-refractivity contribution in [2.75, 3.05) is 0 Å². The summed E-state index contributed by atoms with van der Waals surface area (Å²) in [6.07, 6.45) is 1.61. The van der Waals surface area contributed by atoms with E-state index in [1.165, 1.54) is 0 Å². The summed E-state index contributed by atoms with van der Waals surface area (Å²) in [5, 5.41) is 11.9. The fraction of sp³-hybridized carbons (Fsp3) is 0.600. The molecule has 0 aliphatic carbocycles. The molecule has 0 fully saturated rings.